The van der Waals surface area contributed by atoms with Crippen molar-refractivity contribution >= 4 is 38.6 Å². The molecule has 0 bridgehead atoms. The molecule has 4 nitrogen and oxygen atoms in total. The number of hydrogen-bond donors (Lipinski definition) is 1. The maximum atomic E-state index is 13.1. The predicted octanol–water partition coefficient (Wildman–Crippen LogP) is 3.04. The van der Waals surface area contributed by atoms with Gasteiger partial charge in [-0.25, -0.2) is 17.8 Å². The Bertz CT molecular complexity index is 665. The Labute approximate surface area is 112 Å². The smallest absolute Gasteiger partial charge is 0.273 e. The lowest BCUT2D eigenvalue weighted by molar-refractivity contribution is 0.603. The van der Waals surface area contributed by atoms with E-state index in [1.54, 1.807) is 6.92 Å². The summed E-state index contributed by atoms with van der Waals surface area (Å²) in [4.78, 5) is 3.65. The molecule has 96 valence electrons. The van der Waals surface area contributed by atoms with E-state index in [1.165, 1.54) is 12.1 Å². The Kier molecular flexibility index (Phi) is 3.56. The van der Waals surface area contributed by atoms with Crippen LogP contribution in [0, 0.1) is 12.7 Å². The lowest BCUT2D eigenvalue weighted by Crippen LogP contribution is -2.11. The van der Waals surface area contributed by atoms with E-state index in [0.29, 0.717) is 5.56 Å². The highest BCUT2D eigenvalue weighted by atomic mass is 35.5. The maximum absolute atomic E-state index is 13.1. The number of thiazole rings is 1. The number of nitrogens with one attached hydrogen (secondary N) is 1. The number of aryl methyl sites for hydroxylation is 1. The van der Waals surface area contributed by atoms with Gasteiger partial charge in [0.25, 0.3) is 10.0 Å². The van der Waals surface area contributed by atoms with E-state index in [2.05, 4.69) is 9.71 Å². The van der Waals surface area contributed by atoms with Gasteiger partial charge < -0.3 is 0 Å². The molecule has 1 aromatic heterocycles. The van der Waals surface area contributed by atoms with E-state index < -0.39 is 15.8 Å². The molecule has 0 atom stereocenters. The maximum Gasteiger partial charge on any atom is 0.273 e. The van der Waals surface area contributed by atoms with Crippen LogP contribution in [-0.4, -0.2) is 13.4 Å². The molecule has 0 aliphatic rings. The Morgan fingerprint density at radius 3 is 2.67 bits per heavy atom. The number of halogens is 2. The number of rotatable bonds is 3. The van der Waals surface area contributed by atoms with Gasteiger partial charge in [0.1, 0.15) is 5.82 Å². The quantitative estimate of drug-likeness (QED) is 0.948. The van der Waals surface area contributed by atoms with Crippen LogP contribution in [0.15, 0.2) is 28.6 Å². The second kappa shape index (κ2) is 4.83. The second-order valence-corrected chi connectivity index (χ2v) is 7.08. The minimum absolute atomic E-state index is 0.0191. The van der Waals surface area contributed by atoms with Gasteiger partial charge in [-0.2, -0.15) is 0 Å². The Morgan fingerprint density at radius 1 is 1.39 bits per heavy atom. The number of anilines is 1. The lowest BCUT2D eigenvalue weighted by Gasteiger charge is -2.06. The number of sulfonamides is 1. The molecule has 18 heavy (non-hydrogen) atoms. The zero-order valence-corrected chi connectivity index (χ0v) is 11.5. The molecule has 1 N–H and O–H groups in total. The highest BCUT2D eigenvalue weighted by molar-refractivity contribution is 7.94. The molecular formula is C10H8ClFN2O2S2. The molecular weight excluding hydrogens is 299 g/mol. The van der Waals surface area contributed by atoms with E-state index in [1.807, 2.05) is 0 Å². The lowest BCUT2D eigenvalue weighted by atomic mass is 10.2. The number of nitrogens with zero attached hydrogens (tertiary/aromatic N) is 1. The molecule has 0 unspecified atom stereocenters. The molecule has 0 fully saturated rings. The molecule has 1 heterocycles. The molecule has 0 amide bonds. The zero-order chi connectivity index (χ0) is 13.3. The first-order chi connectivity index (χ1) is 8.37. The van der Waals surface area contributed by atoms with E-state index in [-0.39, 0.29) is 14.4 Å². The Balaban J connectivity index is 2.33. The molecule has 0 aliphatic heterocycles. The first-order valence-corrected chi connectivity index (χ1v) is 7.46. The summed E-state index contributed by atoms with van der Waals surface area (Å²) < 4.78 is 39.4. The van der Waals surface area contributed by atoms with Crippen LogP contribution in [0.2, 0.25) is 4.47 Å². The van der Waals surface area contributed by atoms with Crippen molar-refractivity contribution < 1.29 is 12.8 Å². The standard InChI is InChI=1S/C10H8ClFN2O2S2/c1-6-2-7(12)4-8(3-6)14-18(15,16)9-5-13-10(11)17-9/h2-5,14H,1H3. The summed E-state index contributed by atoms with van der Waals surface area (Å²) in [6.45, 7) is 1.67. The van der Waals surface area contributed by atoms with Gasteiger partial charge in [-0.15, -0.1) is 0 Å². The summed E-state index contributed by atoms with van der Waals surface area (Å²) >= 11 is 6.41. The van der Waals surface area contributed by atoms with Gasteiger partial charge in [-0.1, -0.05) is 22.9 Å². The summed E-state index contributed by atoms with van der Waals surface area (Å²) in [5.41, 5.74) is 0.784. The molecule has 0 spiro atoms. The molecule has 0 saturated carbocycles. The van der Waals surface area contributed by atoms with Crippen molar-refractivity contribution in [2.24, 2.45) is 0 Å². The van der Waals surface area contributed by atoms with Gasteiger partial charge in [-0.3, -0.25) is 4.72 Å². The average molecular weight is 307 g/mol. The van der Waals surface area contributed by atoms with Crippen LogP contribution in [0.3, 0.4) is 0 Å². The van der Waals surface area contributed by atoms with E-state index in [9.17, 15) is 12.8 Å². The van der Waals surface area contributed by atoms with Crippen molar-refractivity contribution in [1.82, 2.24) is 4.98 Å². The summed E-state index contributed by atoms with van der Waals surface area (Å²) in [6.07, 6.45) is 1.15. The minimum Gasteiger partial charge on any atom is -0.279 e. The van der Waals surface area contributed by atoms with Crippen LogP contribution in [-0.2, 0) is 10.0 Å². The highest BCUT2D eigenvalue weighted by Gasteiger charge is 2.18. The fourth-order valence-electron chi connectivity index (χ4n) is 1.36. The van der Waals surface area contributed by atoms with E-state index in [0.717, 1.165) is 23.6 Å². The monoisotopic (exact) mass is 306 g/mol. The topological polar surface area (TPSA) is 59.1 Å². The Hall–Kier alpha value is -1.18. The van der Waals surface area contributed by atoms with Crippen molar-refractivity contribution in [1.29, 1.82) is 0 Å². The fourth-order valence-corrected chi connectivity index (χ4v) is 3.70. The van der Waals surface area contributed by atoms with Gasteiger partial charge in [0.15, 0.2) is 8.68 Å². The van der Waals surface area contributed by atoms with Crippen LogP contribution >= 0.6 is 22.9 Å². The van der Waals surface area contributed by atoms with Crippen LogP contribution in [0.25, 0.3) is 0 Å². The van der Waals surface area contributed by atoms with E-state index in [4.69, 9.17) is 11.6 Å². The molecule has 1 aromatic carbocycles. The zero-order valence-electron chi connectivity index (χ0n) is 9.15. The summed E-state index contributed by atoms with van der Waals surface area (Å²) in [7, 11) is -3.77. The normalized spacial score (nSPS) is 11.5. The molecule has 2 aromatic rings. The molecule has 8 heteroatoms. The third-order valence-corrected chi connectivity index (χ3v) is 4.97. The fraction of sp³-hybridized carbons (Fsp3) is 0.100. The third kappa shape index (κ3) is 2.98. The summed E-state index contributed by atoms with van der Waals surface area (Å²) in [5, 5.41) is 0. The van der Waals surface area contributed by atoms with Crippen molar-refractivity contribution in [3.05, 3.63) is 40.2 Å². The largest absolute Gasteiger partial charge is 0.279 e. The first kappa shape index (κ1) is 13.3. The van der Waals surface area contributed by atoms with Crippen molar-refractivity contribution in [3.63, 3.8) is 0 Å². The minimum atomic E-state index is -3.77. The third-order valence-electron chi connectivity index (χ3n) is 2.02. The van der Waals surface area contributed by atoms with Gasteiger partial charge >= 0.3 is 0 Å². The van der Waals surface area contributed by atoms with Gasteiger partial charge in [0, 0.05) is 0 Å². The summed E-state index contributed by atoms with van der Waals surface area (Å²) in [6, 6.07) is 3.94. The SMILES string of the molecule is Cc1cc(F)cc(NS(=O)(=O)c2cnc(Cl)s2)c1. The van der Waals surface area contributed by atoms with Crippen LogP contribution in [0.4, 0.5) is 10.1 Å². The first-order valence-electron chi connectivity index (χ1n) is 4.78. The van der Waals surface area contributed by atoms with Crippen LogP contribution in [0.1, 0.15) is 5.56 Å². The molecule has 0 aliphatic carbocycles. The number of aromatic nitrogens is 1. The number of hydrogen-bond acceptors (Lipinski definition) is 4. The van der Waals surface area contributed by atoms with Crippen molar-refractivity contribution in [2.45, 2.75) is 11.1 Å². The predicted molar refractivity (Wildman–Crippen MR) is 69.1 cm³/mol. The Morgan fingerprint density at radius 2 is 2.11 bits per heavy atom. The van der Waals surface area contributed by atoms with Crippen LogP contribution < -0.4 is 4.72 Å². The molecule has 0 radical (unpaired) electrons. The highest BCUT2D eigenvalue weighted by Crippen LogP contribution is 2.25. The molecule has 2 rings (SSSR count). The second-order valence-electron chi connectivity index (χ2n) is 3.56. The summed E-state index contributed by atoms with van der Waals surface area (Å²) in [5.74, 6) is -0.505. The van der Waals surface area contributed by atoms with Gasteiger partial charge in [0.2, 0.25) is 0 Å². The molecule has 0 saturated heterocycles. The van der Waals surface area contributed by atoms with Crippen molar-refractivity contribution in [2.75, 3.05) is 4.72 Å². The van der Waals surface area contributed by atoms with Gasteiger partial charge in [0.05, 0.1) is 11.9 Å². The number of benzene rings is 1. The van der Waals surface area contributed by atoms with E-state index >= 15 is 0 Å². The van der Waals surface area contributed by atoms with Crippen molar-refractivity contribution in [3.8, 4) is 0 Å². The van der Waals surface area contributed by atoms with Gasteiger partial charge in [-0.05, 0) is 30.7 Å². The average Bonchev–Trinajstić information content (AvgIpc) is 2.62. The van der Waals surface area contributed by atoms with Crippen LogP contribution in [0.5, 0.6) is 0 Å².